The largest absolute Gasteiger partial charge is 0.368 e. The molecule has 4 nitrogen and oxygen atoms in total. The number of hydrogen-bond donors (Lipinski definition) is 1. The molecule has 1 rings (SSSR count). The average Bonchev–Trinajstić information content (AvgIpc) is 2.35. The molecule has 0 aliphatic carbocycles. The van der Waals surface area contributed by atoms with Gasteiger partial charge in [-0.2, -0.15) is 0 Å². The predicted octanol–water partition coefficient (Wildman–Crippen LogP) is 1.01. The lowest BCUT2D eigenvalue weighted by Crippen LogP contribution is -2.39. The van der Waals surface area contributed by atoms with Crippen LogP contribution in [0.3, 0.4) is 0 Å². The van der Waals surface area contributed by atoms with E-state index in [1.165, 1.54) is 0 Å². The molecule has 16 heavy (non-hydrogen) atoms. The maximum absolute atomic E-state index is 11.8. The Morgan fingerprint density at radius 2 is 2.12 bits per heavy atom. The standard InChI is InChI=1S/C12H24N2O2/c1-4-10(2)14(3)12(15)9-16-11-5-7-13-8-6-11/h10-11,13H,4-9H2,1-3H3. The van der Waals surface area contributed by atoms with Gasteiger partial charge in [-0.1, -0.05) is 6.92 Å². The molecular weight excluding hydrogens is 204 g/mol. The Balaban J connectivity index is 2.23. The van der Waals surface area contributed by atoms with Crippen LogP contribution in [-0.2, 0) is 9.53 Å². The smallest absolute Gasteiger partial charge is 0.248 e. The summed E-state index contributed by atoms with van der Waals surface area (Å²) in [6.07, 6.45) is 3.27. The minimum Gasteiger partial charge on any atom is -0.368 e. The summed E-state index contributed by atoms with van der Waals surface area (Å²) in [5.74, 6) is 0.0906. The van der Waals surface area contributed by atoms with E-state index in [0.29, 0.717) is 6.04 Å². The van der Waals surface area contributed by atoms with Gasteiger partial charge in [-0.05, 0) is 39.3 Å². The van der Waals surface area contributed by atoms with Crippen LogP contribution in [0.5, 0.6) is 0 Å². The van der Waals surface area contributed by atoms with E-state index in [1.807, 2.05) is 7.05 Å². The van der Waals surface area contributed by atoms with Gasteiger partial charge < -0.3 is 15.0 Å². The first kappa shape index (κ1) is 13.5. The minimum absolute atomic E-state index is 0.0906. The summed E-state index contributed by atoms with van der Waals surface area (Å²) in [5, 5.41) is 3.28. The number of piperidine rings is 1. The molecule has 94 valence electrons. The summed E-state index contributed by atoms with van der Waals surface area (Å²) < 4.78 is 5.63. The van der Waals surface area contributed by atoms with Crippen molar-refractivity contribution >= 4 is 5.91 Å². The topological polar surface area (TPSA) is 41.6 Å². The second kappa shape index (κ2) is 6.86. The number of nitrogens with one attached hydrogen (secondary N) is 1. The molecule has 1 atom stereocenters. The van der Waals surface area contributed by atoms with Crippen LogP contribution >= 0.6 is 0 Å². The van der Waals surface area contributed by atoms with Gasteiger partial charge in [-0.3, -0.25) is 4.79 Å². The molecule has 1 saturated heterocycles. The Hall–Kier alpha value is -0.610. The maximum Gasteiger partial charge on any atom is 0.248 e. The lowest BCUT2D eigenvalue weighted by molar-refractivity contribution is -0.139. The lowest BCUT2D eigenvalue weighted by Gasteiger charge is -2.26. The molecule has 0 bridgehead atoms. The Bertz CT molecular complexity index is 215. The molecule has 0 aromatic rings. The highest BCUT2D eigenvalue weighted by atomic mass is 16.5. The van der Waals surface area contributed by atoms with Crippen molar-refractivity contribution in [3.8, 4) is 0 Å². The van der Waals surface area contributed by atoms with Gasteiger partial charge in [-0.25, -0.2) is 0 Å². The lowest BCUT2D eigenvalue weighted by atomic mass is 10.1. The molecule has 0 spiro atoms. The van der Waals surface area contributed by atoms with Crippen LogP contribution in [0.15, 0.2) is 0 Å². The van der Waals surface area contributed by atoms with Gasteiger partial charge in [0.25, 0.3) is 0 Å². The number of carbonyl (C=O) groups is 1. The summed E-state index contributed by atoms with van der Waals surface area (Å²) in [7, 11) is 1.85. The van der Waals surface area contributed by atoms with Crippen molar-refractivity contribution in [1.82, 2.24) is 10.2 Å². The van der Waals surface area contributed by atoms with E-state index in [1.54, 1.807) is 4.90 Å². The Kier molecular flexibility index (Phi) is 5.77. The van der Waals surface area contributed by atoms with Crippen molar-refractivity contribution in [2.75, 3.05) is 26.7 Å². The van der Waals surface area contributed by atoms with Crippen molar-refractivity contribution < 1.29 is 9.53 Å². The first-order chi connectivity index (χ1) is 7.65. The number of ether oxygens (including phenoxy) is 1. The third-order valence-corrected chi connectivity index (χ3v) is 3.37. The number of nitrogens with zero attached hydrogens (tertiary/aromatic N) is 1. The molecule has 1 fully saturated rings. The summed E-state index contributed by atoms with van der Waals surface area (Å²) in [6.45, 7) is 6.37. The number of carbonyl (C=O) groups excluding carboxylic acids is 1. The van der Waals surface area contributed by atoms with E-state index in [0.717, 1.165) is 32.4 Å². The van der Waals surface area contributed by atoms with Crippen LogP contribution < -0.4 is 5.32 Å². The quantitative estimate of drug-likeness (QED) is 0.763. The Morgan fingerprint density at radius 3 is 2.69 bits per heavy atom. The second-order valence-corrected chi connectivity index (χ2v) is 4.52. The first-order valence-electron chi connectivity index (χ1n) is 6.23. The summed E-state index contributed by atoms with van der Waals surface area (Å²) >= 11 is 0. The first-order valence-corrected chi connectivity index (χ1v) is 6.23. The van der Waals surface area contributed by atoms with Gasteiger partial charge in [0.05, 0.1) is 6.10 Å². The van der Waals surface area contributed by atoms with Crippen LogP contribution in [0.2, 0.25) is 0 Å². The zero-order valence-corrected chi connectivity index (χ0v) is 10.7. The SMILES string of the molecule is CCC(C)N(C)C(=O)COC1CCNCC1. The number of hydrogen-bond acceptors (Lipinski definition) is 3. The summed E-state index contributed by atoms with van der Waals surface area (Å²) in [4.78, 5) is 13.6. The molecule has 1 unspecified atom stereocenters. The third-order valence-electron chi connectivity index (χ3n) is 3.37. The van der Waals surface area contributed by atoms with E-state index in [4.69, 9.17) is 4.74 Å². The normalized spacial score (nSPS) is 19.4. The van der Waals surface area contributed by atoms with Gasteiger partial charge in [0, 0.05) is 13.1 Å². The van der Waals surface area contributed by atoms with E-state index in [2.05, 4.69) is 19.2 Å². The van der Waals surface area contributed by atoms with Gasteiger partial charge in [-0.15, -0.1) is 0 Å². The Morgan fingerprint density at radius 1 is 1.50 bits per heavy atom. The fourth-order valence-electron chi connectivity index (χ4n) is 1.77. The second-order valence-electron chi connectivity index (χ2n) is 4.52. The molecule has 1 aliphatic rings. The van der Waals surface area contributed by atoms with E-state index in [-0.39, 0.29) is 18.6 Å². The molecule has 1 aliphatic heterocycles. The van der Waals surface area contributed by atoms with E-state index >= 15 is 0 Å². The molecule has 1 amide bonds. The van der Waals surface area contributed by atoms with Crippen LogP contribution in [0, 0.1) is 0 Å². The van der Waals surface area contributed by atoms with Crippen molar-refractivity contribution in [2.24, 2.45) is 0 Å². The summed E-state index contributed by atoms with van der Waals surface area (Å²) in [6, 6.07) is 0.295. The zero-order valence-electron chi connectivity index (χ0n) is 10.7. The van der Waals surface area contributed by atoms with Crippen LogP contribution in [0.4, 0.5) is 0 Å². The Labute approximate surface area is 98.3 Å². The van der Waals surface area contributed by atoms with Gasteiger partial charge in [0.15, 0.2) is 0 Å². The number of likely N-dealkylation sites (N-methyl/N-ethyl adjacent to an activating group) is 1. The highest BCUT2D eigenvalue weighted by Gasteiger charge is 2.18. The molecular formula is C12H24N2O2. The molecule has 1 N–H and O–H groups in total. The maximum atomic E-state index is 11.8. The van der Waals surface area contributed by atoms with Crippen molar-refractivity contribution in [3.63, 3.8) is 0 Å². The van der Waals surface area contributed by atoms with E-state index < -0.39 is 0 Å². The van der Waals surface area contributed by atoms with Crippen LogP contribution in [0.1, 0.15) is 33.1 Å². The highest BCUT2D eigenvalue weighted by molar-refractivity contribution is 5.77. The number of rotatable bonds is 5. The van der Waals surface area contributed by atoms with Crippen LogP contribution in [0.25, 0.3) is 0 Å². The van der Waals surface area contributed by atoms with Crippen molar-refractivity contribution in [1.29, 1.82) is 0 Å². The molecule has 1 heterocycles. The fourth-order valence-corrected chi connectivity index (χ4v) is 1.77. The monoisotopic (exact) mass is 228 g/mol. The molecule has 4 heteroatoms. The third kappa shape index (κ3) is 4.10. The van der Waals surface area contributed by atoms with Gasteiger partial charge in [0.2, 0.25) is 5.91 Å². The number of amides is 1. The van der Waals surface area contributed by atoms with Crippen LogP contribution in [-0.4, -0.2) is 49.7 Å². The summed E-state index contributed by atoms with van der Waals surface area (Å²) in [5.41, 5.74) is 0. The van der Waals surface area contributed by atoms with E-state index in [9.17, 15) is 4.79 Å². The van der Waals surface area contributed by atoms with Gasteiger partial charge >= 0.3 is 0 Å². The molecule has 0 aromatic heterocycles. The molecule has 0 aromatic carbocycles. The molecule has 0 saturated carbocycles. The molecule has 0 radical (unpaired) electrons. The zero-order chi connectivity index (χ0) is 12.0. The minimum atomic E-state index is 0.0906. The van der Waals surface area contributed by atoms with Gasteiger partial charge in [0.1, 0.15) is 6.61 Å². The predicted molar refractivity (Wildman–Crippen MR) is 64.4 cm³/mol. The van der Waals surface area contributed by atoms with Crippen molar-refractivity contribution in [3.05, 3.63) is 0 Å². The highest BCUT2D eigenvalue weighted by Crippen LogP contribution is 2.08. The fraction of sp³-hybridized carbons (Fsp3) is 0.917. The average molecular weight is 228 g/mol. The van der Waals surface area contributed by atoms with Crippen molar-refractivity contribution in [2.45, 2.75) is 45.3 Å².